The number of aryl methyl sites for hydroxylation is 1. The van der Waals surface area contributed by atoms with E-state index >= 15 is 0 Å². The summed E-state index contributed by atoms with van der Waals surface area (Å²) in [7, 11) is 1.68. The van der Waals surface area contributed by atoms with E-state index in [4.69, 9.17) is 4.74 Å². The first kappa shape index (κ1) is 18.7. The van der Waals surface area contributed by atoms with E-state index in [2.05, 4.69) is 31.2 Å². The van der Waals surface area contributed by atoms with Crippen molar-refractivity contribution in [2.24, 2.45) is 17.3 Å². The molecule has 3 aliphatic carbocycles. The van der Waals surface area contributed by atoms with Gasteiger partial charge < -0.3 is 14.9 Å². The molecule has 2 N–H and O–H groups in total. The highest BCUT2D eigenvalue weighted by molar-refractivity contribution is 5.56. The summed E-state index contributed by atoms with van der Waals surface area (Å²) in [6, 6.07) is 14.0. The van der Waals surface area contributed by atoms with Crippen LogP contribution >= 0.6 is 0 Å². The highest BCUT2D eigenvalue weighted by atomic mass is 16.5. The SMILES string of the molecule is COc1ccc(/C=C2\C[C@H]3[C@H]4CCc5cc(O)ccc5[C@H]4CC[C@]3(C)[C@H]2O)cc1. The molecule has 0 heterocycles. The summed E-state index contributed by atoms with van der Waals surface area (Å²) < 4.78 is 5.26. The Bertz CT molecular complexity index is 945. The smallest absolute Gasteiger partial charge is 0.118 e. The van der Waals surface area contributed by atoms with E-state index in [1.54, 1.807) is 7.11 Å². The largest absolute Gasteiger partial charge is 0.508 e. The first-order valence-electron chi connectivity index (χ1n) is 10.8. The van der Waals surface area contributed by atoms with E-state index in [9.17, 15) is 10.2 Å². The van der Waals surface area contributed by atoms with Crippen LogP contribution in [0.1, 0.15) is 55.2 Å². The van der Waals surface area contributed by atoms with Crippen molar-refractivity contribution in [2.45, 2.75) is 51.0 Å². The molecular weight excluding hydrogens is 360 g/mol. The van der Waals surface area contributed by atoms with Crippen molar-refractivity contribution in [3.8, 4) is 11.5 Å². The molecule has 5 rings (SSSR count). The second-order valence-corrected chi connectivity index (χ2v) is 9.44. The molecule has 0 spiro atoms. The van der Waals surface area contributed by atoms with Gasteiger partial charge in [-0.15, -0.1) is 0 Å². The van der Waals surface area contributed by atoms with Gasteiger partial charge in [0.25, 0.3) is 0 Å². The topological polar surface area (TPSA) is 49.7 Å². The number of aromatic hydroxyl groups is 1. The Morgan fingerprint density at radius 2 is 1.90 bits per heavy atom. The molecule has 2 aromatic carbocycles. The van der Waals surface area contributed by atoms with Crippen LogP contribution in [0.5, 0.6) is 11.5 Å². The van der Waals surface area contributed by atoms with Gasteiger partial charge in [-0.2, -0.15) is 0 Å². The Labute approximate surface area is 173 Å². The van der Waals surface area contributed by atoms with Crippen molar-refractivity contribution >= 4 is 6.08 Å². The van der Waals surface area contributed by atoms with E-state index in [-0.39, 0.29) is 11.5 Å². The fourth-order valence-corrected chi connectivity index (χ4v) is 6.48. The van der Waals surface area contributed by atoms with Gasteiger partial charge in [0.05, 0.1) is 13.2 Å². The molecule has 2 aromatic rings. The lowest BCUT2D eigenvalue weighted by atomic mass is 9.55. The molecule has 3 heteroatoms. The van der Waals surface area contributed by atoms with Gasteiger partial charge in [-0.3, -0.25) is 0 Å². The van der Waals surface area contributed by atoms with Crippen LogP contribution in [0.3, 0.4) is 0 Å². The van der Waals surface area contributed by atoms with Gasteiger partial charge in [0.1, 0.15) is 11.5 Å². The van der Waals surface area contributed by atoms with E-state index in [1.807, 2.05) is 24.3 Å². The number of fused-ring (bicyclic) bond motifs is 5. The van der Waals surface area contributed by atoms with Crippen LogP contribution in [0.4, 0.5) is 0 Å². The van der Waals surface area contributed by atoms with Gasteiger partial charge >= 0.3 is 0 Å². The van der Waals surface area contributed by atoms with E-state index < -0.39 is 0 Å². The van der Waals surface area contributed by atoms with Crippen LogP contribution in [0.15, 0.2) is 48.0 Å². The third-order valence-electron chi connectivity index (χ3n) is 8.05. The van der Waals surface area contributed by atoms with Crippen molar-refractivity contribution in [2.75, 3.05) is 7.11 Å². The Kier molecular flexibility index (Phi) is 4.47. The molecule has 3 nitrogen and oxygen atoms in total. The number of aliphatic hydroxyl groups excluding tert-OH is 1. The fraction of sp³-hybridized carbons (Fsp3) is 0.462. The van der Waals surface area contributed by atoms with Crippen molar-refractivity contribution in [3.63, 3.8) is 0 Å². The summed E-state index contributed by atoms with van der Waals surface area (Å²) in [6.07, 6.45) is 7.18. The van der Waals surface area contributed by atoms with Crippen molar-refractivity contribution in [1.82, 2.24) is 0 Å². The van der Waals surface area contributed by atoms with Crippen LogP contribution in [0.2, 0.25) is 0 Å². The average molecular weight is 391 g/mol. The summed E-state index contributed by atoms with van der Waals surface area (Å²) in [5.74, 6) is 2.92. The minimum atomic E-state index is -0.364. The molecule has 0 aromatic heterocycles. The zero-order chi connectivity index (χ0) is 20.2. The number of phenolic OH excluding ortho intramolecular Hbond substituents is 1. The highest BCUT2D eigenvalue weighted by Gasteiger charge is 2.56. The van der Waals surface area contributed by atoms with Crippen molar-refractivity contribution in [3.05, 3.63) is 64.7 Å². The number of hydrogen-bond acceptors (Lipinski definition) is 3. The standard InChI is InChI=1S/C26H30O3/c1-26-12-11-22-21-10-6-19(27)14-17(21)5-9-23(22)24(26)15-18(25(26)28)13-16-3-7-20(29-2)8-4-16/h3-4,6-8,10,13-14,22-25,27-28H,5,9,11-12,15H2,1-2H3/b18-13+/t22-,23+,24+,25+,26+/m1/s1. The maximum Gasteiger partial charge on any atom is 0.118 e. The second-order valence-electron chi connectivity index (χ2n) is 9.44. The molecule has 3 aliphatic rings. The number of benzene rings is 2. The first-order chi connectivity index (χ1) is 14.0. The maximum absolute atomic E-state index is 11.3. The van der Waals surface area contributed by atoms with Crippen LogP contribution in [-0.2, 0) is 6.42 Å². The highest BCUT2D eigenvalue weighted by Crippen LogP contribution is 2.62. The normalized spacial score (nSPS) is 34.4. The van der Waals surface area contributed by atoms with E-state index in [0.717, 1.165) is 43.4 Å². The lowest BCUT2D eigenvalue weighted by molar-refractivity contribution is -0.0158. The maximum atomic E-state index is 11.3. The molecule has 0 radical (unpaired) electrons. The predicted octanol–water partition coefficient (Wildman–Crippen LogP) is 5.31. The van der Waals surface area contributed by atoms with Crippen LogP contribution < -0.4 is 4.74 Å². The molecule has 2 saturated carbocycles. The van der Waals surface area contributed by atoms with Gasteiger partial charge in [-0.1, -0.05) is 31.2 Å². The number of aliphatic hydroxyl groups is 1. The van der Waals surface area contributed by atoms with E-state index in [0.29, 0.717) is 23.5 Å². The molecule has 0 saturated heterocycles. The fourth-order valence-electron chi connectivity index (χ4n) is 6.48. The molecule has 0 unspecified atom stereocenters. The van der Waals surface area contributed by atoms with Gasteiger partial charge in [0.2, 0.25) is 0 Å². The second kappa shape index (κ2) is 6.91. The number of ether oxygens (including phenoxy) is 1. The molecule has 0 aliphatic heterocycles. The molecule has 5 atom stereocenters. The molecule has 0 amide bonds. The van der Waals surface area contributed by atoms with Crippen molar-refractivity contribution < 1.29 is 14.9 Å². The Morgan fingerprint density at radius 3 is 2.66 bits per heavy atom. The van der Waals surface area contributed by atoms with Crippen LogP contribution in [0.25, 0.3) is 6.08 Å². The minimum Gasteiger partial charge on any atom is -0.508 e. The van der Waals surface area contributed by atoms with Gasteiger partial charge in [-0.05, 0) is 96.4 Å². The zero-order valence-electron chi connectivity index (χ0n) is 17.3. The Morgan fingerprint density at radius 1 is 1.10 bits per heavy atom. The third-order valence-corrected chi connectivity index (χ3v) is 8.05. The van der Waals surface area contributed by atoms with Gasteiger partial charge in [-0.25, -0.2) is 0 Å². The number of rotatable bonds is 2. The van der Waals surface area contributed by atoms with E-state index in [1.165, 1.54) is 16.7 Å². The third kappa shape index (κ3) is 2.98. The number of hydrogen-bond donors (Lipinski definition) is 2. The predicted molar refractivity (Wildman–Crippen MR) is 115 cm³/mol. The lowest BCUT2D eigenvalue weighted by Gasteiger charge is -2.49. The minimum absolute atomic E-state index is 0.0338. The Hall–Kier alpha value is -2.26. The summed E-state index contributed by atoms with van der Waals surface area (Å²) in [4.78, 5) is 0. The monoisotopic (exact) mass is 390 g/mol. The number of phenols is 1. The quantitative estimate of drug-likeness (QED) is 0.730. The summed E-state index contributed by atoms with van der Waals surface area (Å²) >= 11 is 0. The lowest BCUT2D eigenvalue weighted by Crippen LogP contribution is -2.44. The summed E-state index contributed by atoms with van der Waals surface area (Å²) in [5, 5.41) is 21.2. The summed E-state index contributed by atoms with van der Waals surface area (Å²) in [6.45, 7) is 2.31. The number of methoxy groups -OCH3 is 1. The van der Waals surface area contributed by atoms with Crippen LogP contribution in [-0.4, -0.2) is 23.4 Å². The van der Waals surface area contributed by atoms with Crippen LogP contribution in [0, 0.1) is 17.3 Å². The van der Waals surface area contributed by atoms with Crippen molar-refractivity contribution in [1.29, 1.82) is 0 Å². The molecule has 2 fully saturated rings. The first-order valence-corrected chi connectivity index (χ1v) is 10.8. The summed E-state index contributed by atoms with van der Waals surface area (Å²) in [5.41, 5.74) is 5.03. The molecule has 29 heavy (non-hydrogen) atoms. The van der Waals surface area contributed by atoms with Gasteiger partial charge in [0, 0.05) is 5.41 Å². The zero-order valence-corrected chi connectivity index (χ0v) is 17.3. The average Bonchev–Trinajstić information content (AvgIpc) is 2.99. The molecule has 152 valence electrons. The Balaban J connectivity index is 1.45. The van der Waals surface area contributed by atoms with Gasteiger partial charge in [0.15, 0.2) is 0 Å². The molecular formula is C26H30O3. The molecule has 0 bridgehead atoms.